The van der Waals surface area contributed by atoms with Crippen molar-refractivity contribution in [3.05, 3.63) is 88.5 Å². The van der Waals surface area contributed by atoms with Gasteiger partial charge >= 0.3 is 0 Å². The van der Waals surface area contributed by atoms with Crippen LogP contribution in [0.25, 0.3) is 22.4 Å². The van der Waals surface area contributed by atoms with Crippen molar-refractivity contribution in [2.45, 2.75) is 0 Å². The van der Waals surface area contributed by atoms with Gasteiger partial charge in [0.25, 0.3) is 11.6 Å². The highest BCUT2D eigenvalue weighted by atomic mass is 16.6. The lowest BCUT2D eigenvalue weighted by molar-refractivity contribution is -0.384. The van der Waals surface area contributed by atoms with E-state index in [1.54, 1.807) is 48.5 Å². The number of aromatic nitrogens is 2. The number of nitro benzene ring substituents is 1. The molecule has 0 unspecified atom stereocenters. The molecule has 0 saturated heterocycles. The van der Waals surface area contributed by atoms with Gasteiger partial charge in [0, 0.05) is 28.9 Å². The molecule has 4 aromatic rings. The summed E-state index contributed by atoms with van der Waals surface area (Å²) in [6.07, 6.45) is 0. The van der Waals surface area contributed by atoms with Crippen LogP contribution < -0.4 is 5.32 Å². The Labute approximate surface area is 158 Å². The van der Waals surface area contributed by atoms with Crippen molar-refractivity contribution in [2.75, 3.05) is 5.32 Å². The molecule has 8 heteroatoms. The van der Waals surface area contributed by atoms with Gasteiger partial charge in [-0.15, -0.1) is 0 Å². The normalized spacial score (nSPS) is 10.7. The summed E-state index contributed by atoms with van der Waals surface area (Å²) in [5.41, 5.74) is 2.11. The largest absolute Gasteiger partial charge is 0.426 e. The minimum atomic E-state index is -0.536. The van der Waals surface area contributed by atoms with Gasteiger partial charge in [-0.05, 0) is 30.3 Å². The van der Waals surface area contributed by atoms with Crippen LogP contribution in [-0.2, 0) is 0 Å². The van der Waals surface area contributed by atoms with Gasteiger partial charge in [-0.3, -0.25) is 14.9 Å². The molecule has 0 saturated carbocycles. The Morgan fingerprint density at radius 1 is 1.04 bits per heavy atom. The molecular weight excluding hydrogens is 360 g/mol. The fraction of sp³-hybridized carbons (Fsp3) is 0. The van der Waals surface area contributed by atoms with Gasteiger partial charge in [0.15, 0.2) is 5.82 Å². The fourth-order valence-electron chi connectivity index (χ4n) is 2.88. The molecule has 0 spiro atoms. The number of fused-ring (bicyclic) bond motifs is 1. The van der Waals surface area contributed by atoms with E-state index in [4.69, 9.17) is 0 Å². The Balaban J connectivity index is 1.68. The molecule has 8 nitrogen and oxygen atoms in total. The lowest BCUT2D eigenvalue weighted by Gasteiger charge is -2.07. The van der Waals surface area contributed by atoms with Crippen molar-refractivity contribution in [1.82, 2.24) is 9.71 Å². The van der Waals surface area contributed by atoms with E-state index in [1.165, 1.54) is 18.2 Å². The van der Waals surface area contributed by atoms with E-state index in [0.29, 0.717) is 22.3 Å². The summed E-state index contributed by atoms with van der Waals surface area (Å²) in [7, 11) is 0. The van der Waals surface area contributed by atoms with E-state index >= 15 is 0 Å². The summed E-state index contributed by atoms with van der Waals surface area (Å²) in [4.78, 5) is 27.1. The zero-order chi connectivity index (χ0) is 19.7. The van der Waals surface area contributed by atoms with Gasteiger partial charge in [-0.25, -0.2) is 4.98 Å². The van der Waals surface area contributed by atoms with E-state index in [-0.39, 0.29) is 22.9 Å². The van der Waals surface area contributed by atoms with Gasteiger partial charge in [0.2, 0.25) is 0 Å². The van der Waals surface area contributed by atoms with Crippen LogP contribution in [0, 0.1) is 10.1 Å². The van der Waals surface area contributed by atoms with Crippen molar-refractivity contribution >= 4 is 28.3 Å². The van der Waals surface area contributed by atoms with Crippen LogP contribution in [0.5, 0.6) is 0 Å². The van der Waals surface area contributed by atoms with Crippen molar-refractivity contribution in [3.8, 4) is 11.4 Å². The zero-order valence-corrected chi connectivity index (χ0v) is 14.4. The minimum absolute atomic E-state index is 0.141. The Kier molecular flexibility index (Phi) is 4.21. The van der Waals surface area contributed by atoms with Crippen molar-refractivity contribution in [3.63, 3.8) is 0 Å². The van der Waals surface area contributed by atoms with Crippen LogP contribution in [0.4, 0.5) is 11.4 Å². The van der Waals surface area contributed by atoms with Crippen LogP contribution in [0.15, 0.2) is 72.8 Å². The predicted octanol–water partition coefficient (Wildman–Crippen LogP) is 4.10. The third-order valence-corrected chi connectivity index (χ3v) is 4.24. The van der Waals surface area contributed by atoms with E-state index in [2.05, 4.69) is 10.3 Å². The number of rotatable bonds is 4. The summed E-state index contributed by atoms with van der Waals surface area (Å²) in [5.74, 6) is -0.0443. The summed E-state index contributed by atoms with van der Waals surface area (Å²) in [6.45, 7) is 0. The zero-order valence-electron chi connectivity index (χ0n) is 14.4. The van der Waals surface area contributed by atoms with Gasteiger partial charge in [0.05, 0.1) is 10.4 Å². The highest BCUT2D eigenvalue weighted by Gasteiger charge is 2.16. The van der Waals surface area contributed by atoms with Gasteiger partial charge in [-0.2, -0.15) is 4.73 Å². The van der Waals surface area contributed by atoms with Crippen LogP contribution in [0.3, 0.4) is 0 Å². The highest BCUT2D eigenvalue weighted by Crippen LogP contribution is 2.27. The number of carbonyl (C=O) groups excluding carboxylic acids is 1. The van der Waals surface area contributed by atoms with Crippen molar-refractivity contribution in [2.24, 2.45) is 0 Å². The average Bonchev–Trinajstić information content (AvgIpc) is 3.05. The smallest absolute Gasteiger partial charge is 0.271 e. The van der Waals surface area contributed by atoms with E-state index in [9.17, 15) is 20.1 Å². The first-order chi connectivity index (χ1) is 13.5. The molecule has 0 atom stereocenters. The second kappa shape index (κ2) is 6.84. The first kappa shape index (κ1) is 17.2. The first-order valence-corrected chi connectivity index (χ1v) is 8.36. The number of nitrogens with zero attached hydrogens (tertiary/aromatic N) is 3. The molecule has 3 aromatic carbocycles. The Morgan fingerprint density at radius 2 is 1.82 bits per heavy atom. The SMILES string of the molecule is O=C(Nc1cccc(-c2nc3ccc([N+](=O)[O-])cc3n2O)c1)c1ccccc1. The molecule has 1 amide bonds. The molecular formula is C20H14N4O4. The Bertz CT molecular complexity index is 1200. The van der Waals surface area contributed by atoms with Crippen LogP contribution in [0.1, 0.15) is 10.4 Å². The third-order valence-electron chi connectivity index (χ3n) is 4.24. The number of hydrogen-bond donors (Lipinski definition) is 2. The number of benzene rings is 3. The number of hydrogen-bond acceptors (Lipinski definition) is 5. The number of nitrogens with one attached hydrogen (secondary N) is 1. The average molecular weight is 374 g/mol. The topological polar surface area (TPSA) is 110 Å². The predicted molar refractivity (Wildman–Crippen MR) is 103 cm³/mol. The number of anilines is 1. The van der Waals surface area contributed by atoms with Crippen LogP contribution >= 0.6 is 0 Å². The fourth-order valence-corrected chi connectivity index (χ4v) is 2.88. The lowest BCUT2D eigenvalue weighted by atomic mass is 10.1. The molecule has 0 aliphatic carbocycles. The van der Waals surface area contributed by atoms with Crippen molar-refractivity contribution in [1.29, 1.82) is 0 Å². The number of nitro groups is 1. The molecule has 4 rings (SSSR count). The molecule has 2 N–H and O–H groups in total. The molecule has 0 bridgehead atoms. The molecule has 138 valence electrons. The van der Waals surface area contributed by atoms with E-state index in [1.807, 2.05) is 6.07 Å². The summed E-state index contributed by atoms with van der Waals surface area (Å²) < 4.78 is 0.806. The number of amides is 1. The van der Waals surface area contributed by atoms with E-state index in [0.717, 1.165) is 4.73 Å². The van der Waals surface area contributed by atoms with Gasteiger partial charge in [0.1, 0.15) is 5.52 Å². The standard InChI is InChI=1S/C20H14N4O4/c25-20(13-5-2-1-3-6-13)21-15-8-4-7-14(11-15)19-22-17-10-9-16(24(27)28)12-18(17)23(19)26/h1-12,26H,(H,21,25). The molecule has 1 heterocycles. The lowest BCUT2D eigenvalue weighted by Crippen LogP contribution is -2.11. The van der Waals surface area contributed by atoms with E-state index < -0.39 is 4.92 Å². The summed E-state index contributed by atoms with van der Waals surface area (Å²) >= 11 is 0. The molecule has 1 aromatic heterocycles. The minimum Gasteiger partial charge on any atom is -0.426 e. The second-order valence-electron chi connectivity index (χ2n) is 6.08. The van der Waals surface area contributed by atoms with Gasteiger partial charge < -0.3 is 10.5 Å². The van der Waals surface area contributed by atoms with Crippen molar-refractivity contribution < 1.29 is 14.9 Å². The maximum Gasteiger partial charge on any atom is 0.271 e. The first-order valence-electron chi connectivity index (χ1n) is 8.36. The molecule has 0 fully saturated rings. The number of carbonyl (C=O) groups is 1. The van der Waals surface area contributed by atoms with Gasteiger partial charge in [-0.1, -0.05) is 30.3 Å². The molecule has 0 radical (unpaired) electrons. The number of imidazole rings is 1. The molecule has 0 aliphatic rings. The maximum atomic E-state index is 12.3. The quantitative estimate of drug-likeness (QED) is 0.317. The van der Waals surface area contributed by atoms with Crippen LogP contribution in [0.2, 0.25) is 0 Å². The molecule has 0 aliphatic heterocycles. The second-order valence-corrected chi connectivity index (χ2v) is 6.08. The highest BCUT2D eigenvalue weighted by molar-refractivity contribution is 6.04. The monoisotopic (exact) mass is 374 g/mol. The summed E-state index contributed by atoms with van der Waals surface area (Å²) in [6, 6.07) is 19.7. The Morgan fingerprint density at radius 3 is 2.57 bits per heavy atom. The summed E-state index contributed by atoms with van der Waals surface area (Å²) in [5, 5.41) is 24.2. The molecule has 28 heavy (non-hydrogen) atoms. The number of non-ortho nitro benzene ring substituents is 1. The third kappa shape index (κ3) is 3.14. The Hall–Kier alpha value is -4.20. The maximum absolute atomic E-state index is 12.3. The van der Waals surface area contributed by atoms with Crippen LogP contribution in [-0.4, -0.2) is 25.8 Å².